The molecule has 126 valence electrons. The van der Waals surface area contributed by atoms with Crippen molar-refractivity contribution in [3.63, 3.8) is 0 Å². The lowest BCUT2D eigenvalue weighted by Crippen LogP contribution is -2.34. The van der Waals surface area contributed by atoms with Crippen LogP contribution in [0.5, 0.6) is 5.75 Å². The highest BCUT2D eigenvalue weighted by Gasteiger charge is 2.05. The monoisotopic (exact) mass is 429 g/mol. The van der Waals surface area contributed by atoms with Crippen LogP contribution in [0.2, 0.25) is 0 Å². The molecule has 0 aromatic heterocycles. The predicted molar refractivity (Wildman–Crippen MR) is 94.8 cm³/mol. The van der Waals surface area contributed by atoms with Gasteiger partial charge in [-0.1, -0.05) is 6.07 Å². The summed E-state index contributed by atoms with van der Waals surface area (Å²) in [6.45, 7) is 0.741. The molecule has 1 rings (SSSR count). The number of rotatable bonds is 8. The normalized spacial score (nSPS) is 11.0. The van der Waals surface area contributed by atoms with Crippen molar-refractivity contribution in [2.75, 3.05) is 39.2 Å². The molecular formula is C14H22F2IN3O2. The van der Waals surface area contributed by atoms with Crippen LogP contribution in [0.3, 0.4) is 0 Å². The van der Waals surface area contributed by atoms with E-state index in [0.29, 0.717) is 24.7 Å². The van der Waals surface area contributed by atoms with Gasteiger partial charge < -0.3 is 20.1 Å². The summed E-state index contributed by atoms with van der Waals surface area (Å²) in [7, 11) is 3.16. The van der Waals surface area contributed by atoms with Gasteiger partial charge in [0, 0.05) is 38.9 Å². The number of hydrogen-bond donors (Lipinski definition) is 2. The van der Waals surface area contributed by atoms with Gasteiger partial charge in [0.2, 0.25) is 0 Å². The molecule has 0 saturated heterocycles. The lowest BCUT2D eigenvalue weighted by Gasteiger charge is -2.12. The van der Waals surface area contributed by atoms with Gasteiger partial charge in [-0.05, 0) is 12.1 Å². The third kappa shape index (κ3) is 8.98. The number of halogens is 3. The van der Waals surface area contributed by atoms with E-state index in [1.54, 1.807) is 19.2 Å². The van der Waals surface area contributed by atoms with Crippen LogP contribution < -0.4 is 15.4 Å². The summed E-state index contributed by atoms with van der Waals surface area (Å²) in [5.41, 5.74) is 0.710. The van der Waals surface area contributed by atoms with Crippen LogP contribution >= 0.6 is 24.0 Å². The first-order valence-corrected chi connectivity index (χ1v) is 6.63. The molecule has 22 heavy (non-hydrogen) atoms. The molecule has 0 atom stereocenters. The van der Waals surface area contributed by atoms with E-state index in [1.165, 1.54) is 7.05 Å². The minimum absolute atomic E-state index is 0. The molecule has 1 aromatic rings. The number of aliphatic imine (C=N–C) groups is 1. The SMILES string of the molecule is CN=C(NCC(F)F)Nc1cccc(OCCCOC)c1.I. The Kier molecular flexibility index (Phi) is 11.7. The Balaban J connectivity index is 0.00000441. The molecule has 0 heterocycles. The zero-order chi connectivity index (χ0) is 15.5. The van der Waals surface area contributed by atoms with Crippen LogP contribution in [-0.2, 0) is 4.74 Å². The standard InChI is InChI=1S/C14H21F2N3O2.HI/c1-17-14(18-10-13(15)16)19-11-5-3-6-12(9-11)21-8-4-7-20-2;/h3,5-6,9,13H,4,7-8,10H2,1-2H3,(H2,17,18,19);1H. The van der Waals surface area contributed by atoms with Gasteiger partial charge in [0.25, 0.3) is 6.43 Å². The Morgan fingerprint density at radius 3 is 2.73 bits per heavy atom. The Morgan fingerprint density at radius 1 is 1.32 bits per heavy atom. The molecule has 0 bridgehead atoms. The minimum Gasteiger partial charge on any atom is -0.493 e. The van der Waals surface area contributed by atoms with Crippen LogP contribution in [0.15, 0.2) is 29.3 Å². The number of methoxy groups -OCH3 is 1. The van der Waals surface area contributed by atoms with Crippen molar-refractivity contribution in [2.45, 2.75) is 12.8 Å². The first-order valence-electron chi connectivity index (χ1n) is 6.63. The lowest BCUT2D eigenvalue weighted by molar-refractivity contribution is 0.152. The molecule has 0 fully saturated rings. The lowest BCUT2D eigenvalue weighted by atomic mass is 10.3. The number of ether oxygens (including phenoxy) is 2. The maximum Gasteiger partial charge on any atom is 0.255 e. The Hall–Kier alpha value is -1.16. The first-order chi connectivity index (χ1) is 10.2. The molecular weight excluding hydrogens is 407 g/mol. The number of hydrogen-bond acceptors (Lipinski definition) is 3. The quantitative estimate of drug-likeness (QED) is 0.289. The molecule has 0 radical (unpaired) electrons. The average molecular weight is 429 g/mol. The summed E-state index contributed by atoms with van der Waals surface area (Å²) in [5, 5.41) is 5.46. The zero-order valence-electron chi connectivity index (χ0n) is 12.6. The van der Waals surface area contributed by atoms with Crippen molar-refractivity contribution < 1.29 is 18.3 Å². The van der Waals surface area contributed by atoms with Crippen LogP contribution in [0.1, 0.15) is 6.42 Å². The molecule has 5 nitrogen and oxygen atoms in total. The maximum absolute atomic E-state index is 12.2. The fraction of sp³-hybridized carbons (Fsp3) is 0.500. The van der Waals surface area contributed by atoms with Gasteiger partial charge in [-0.2, -0.15) is 0 Å². The van der Waals surface area contributed by atoms with E-state index >= 15 is 0 Å². The highest BCUT2D eigenvalue weighted by Crippen LogP contribution is 2.17. The van der Waals surface area contributed by atoms with Gasteiger partial charge in [0.05, 0.1) is 13.2 Å². The summed E-state index contributed by atoms with van der Waals surface area (Å²) in [6, 6.07) is 7.22. The number of nitrogens with one attached hydrogen (secondary N) is 2. The molecule has 0 amide bonds. The fourth-order valence-electron chi connectivity index (χ4n) is 1.55. The highest BCUT2D eigenvalue weighted by atomic mass is 127. The summed E-state index contributed by atoms with van der Waals surface area (Å²) in [4.78, 5) is 3.88. The number of benzene rings is 1. The number of nitrogens with zero attached hydrogens (tertiary/aromatic N) is 1. The Labute approximate surface area is 146 Å². The Morgan fingerprint density at radius 2 is 2.09 bits per heavy atom. The zero-order valence-corrected chi connectivity index (χ0v) is 15.0. The van der Waals surface area contributed by atoms with Crippen molar-refractivity contribution in [3.8, 4) is 5.75 Å². The second-order valence-corrected chi connectivity index (χ2v) is 4.19. The summed E-state index contributed by atoms with van der Waals surface area (Å²) >= 11 is 0. The van der Waals surface area contributed by atoms with Crippen molar-refractivity contribution in [2.24, 2.45) is 4.99 Å². The van der Waals surface area contributed by atoms with Crippen molar-refractivity contribution in [1.82, 2.24) is 5.32 Å². The van der Waals surface area contributed by atoms with Crippen molar-refractivity contribution in [1.29, 1.82) is 0 Å². The van der Waals surface area contributed by atoms with Crippen LogP contribution in [0, 0.1) is 0 Å². The Bertz CT molecular complexity index is 448. The first kappa shape index (κ1) is 20.8. The van der Waals surface area contributed by atoms with Gasteiger partial charge in [-0.15, -0.1) is 24.0 Å². The van der Waals surface area contributed by atoms with E-state index in [4.69, 9.17) is 9.47 Å². The van der Waals surface area contributed by atoms with Crippen molar-refractivity contribution >= 4 is 35.6 Å². The number of anilines is 1. The maximum atomic E-state index is 12.2. The largest absolute Gasteiger partial charge is 0.493 e. The van der Waals surface area contributed by atoms with Crippen LogP contribution in [0.4, 0.5) is 14.5 Å². The fourth-order valence-corrected chi connectivity index (χ4v) is 1.55. The molecule has 2 N–H and O–H groups in total. The molecule has 0 unspecified atom stereocenters. The van der Waals surface area contributed by atoms with Gasteiger partial charge >= 0.3 is 0 Å². The second kappa shape index (κ2) is 12.4. The topological polar surface area (TPSA) is 54.9 Å². The smallest absolute Gasteiger partial charge is 0.255 e. The average Bonchev–Trinajstić information content (AvgIpc) is 2.48. The molecule has 8 heteroatoms. The van der Waals surface area contributed by atoms with Gasteiger partial charge in [-0.25, -0.2) is 8.78 Å². The van der Waals surface area contributed by atoms with Crippen molar-refractivity contribution in [3.05, 3.63) is 24.3 Å². The van der Waals surface area contributed by atoms with E-state index < -0.39 is 13.0 Å². The molecule has 0 aliphatic rings. The van der Waals surface area contributed by atoms with Crippen LogP contribution in [-0.4, -0.2) is 46.3 Å². The summed E-state index contributed by atoms with van der Waals surface area (Å²) < 4.78 is 34.8. The van der Waals surface area contributed by atoms with E-state index in [-0.39, 0.29) is 29.9 Å². The van der Waals surface area contributed by atoms with Gasteiger partial charge in [-0.3, -0.25) is 4.99 Å². The van der Waals surface area contributed by atoms with E-state index in [2.05, 4.69) is 15.6 Å². The van der Waals surface area contributed by atoms with E-state index in [9.17, 15) is 8.78 Å². The summed E-state index contributed by atoms with van der Waals surface area (Å²) in [6.07, 6.45) is -1.63. The predicted octanol–water partition coefficient (Wildman–Crippen LogP) is 2.97. The van der Waals surface area contributed by atoms with E-state index in [0.717, 1.165) is 6.42 Å². The van der Waals surface area contributed by atoms with Crippen LogP contribution in [0.25, 0.3) is 0 Å². The number of alkyl halides is 2. The van der Waals surface area contributed by atoms with Gasteiger partial charge in [0.15, 0.2) is 5.96 Å². The summed E-state index contributed by atoms with van der Waals surface area (Å²) in [5.74, 6) is 0.979. The minimum atomic E-state index is -2.43. The molecule has 0 aliphatic heterocycles. The van der Waals surface area contributed by atoms with Gasteiger partial charge in [0.1, 0.15) is 5.75 Å². The molecule has 0 saturated carbocycles. The second-order valence-electron chi connectivity index (χ2n) is 4.19. The molecule has 0 aliphatic carbocycles. The molecule has 0 spiro atoms. The molecule has 1 aromatic carbocycles. The highest BCUT2D eigenvalue weighted by molar-refractivity contribution is 14.0. The van der Waals surface area contributed by atoms with E-state index in [1.807, 2.05) is 12.1 Å². The third-order valence-electron chi connectivity index (χ3n) is 2.51. The number of guanidine groups is 1. The third-order valence-corrected chi connectivity index (χ3v) is 2.51.